The van der Waals surface area contributed by atoms with Gasteiger partial charge in [-0.2, -0.15) is 0 Å². The van der Waals surface area contributed by atoms with Gasteiger partial charge in [0.05, 0.1) is 0 Å². The largest absolute Gasteiger partial charge is 0.384 e. The molecule has 1 N–H and O–H groups in total. The van der Waals surface area contributed by atoms with Crippen molar-refractivity contribution in [1.82, 2.24) is 0 Å². The van der Waals surface area contributed by atoms with E-state index in [1.807, 2.05) is 6.07 Å². The van der Waals surface area contributed by atoms with Crippen LogP contribution in [-0.4, -0.2) is 6.54 Å². The molecule has 12 heavy (non-hydrogen) atoms. The van der Waals surface area contributed by atoms with Crippen LogP contribution in [0.25, 0.3) is 0 Å². The number of nitrogens with one attached hydrogen (secondary N) is 1. The SMILES string of the molecule is Fc1ccc2c(c1)NCC21CC1. The predicted octanol–water partition coefficient (Wildman–Crippen LogP) is 2.28. The zero-order valence-corrected chi connectivity index (χ0v) is 6.73. The molecule has 1 fully saturated rings. The molecule has 3 rings (SSSR count). The fourth-order valence-electron chi connectivity index (χ4n) is 2.08. The van der Waals surface area contributed by atoms with Gasteiger partial charge < -0.3 is 5.32 Å². The summed E-state index contributed by atoms with van der Waals surface area (Å²) in [6.45, 7) is 1.01. The molecule has 1 saturated carbocycles. The summed E-state index contributed by atoms with van der Waals surface area (Å²) in [6, 6.07) is 5.09. The van der Waals surface area contributed by atoms with Gasteiger partial charge in [-0.15, -0.1) is 0 Å². The van der Waals surface area contributed by atoms with Crippen molar-refractivity contribution in [2.75, 3.05) is 11.9 Å². The molecule has 2 heteroatoms. The van der Waals surface area contributed by atoms with Gasteiger partial charge in [-0.25, -0.2) is 4.39 Å². The maximum Gasteiger partial charge on any atom is 0.125 e. The molecule has 0 atom stereocenters. The quantitative estimate of drug-likeness (QED) is 0.618. The fraction of sp³-hybridized carbons (Fsp3) is 0.400. The highest BCUT2D eigenvalue weighted by molar-refractivity contribution is 5.62. The Labute approximate surface area is 70.6 Å². The molecular formula is C10H10FN. The van der Waals surface area contributed by atoms with Crippen molar-refractivity contribution < 1.29 is 4.39 Å². The van der Waals surface area contributed by atoms with E-state index in [9.17, 15) is 4.39 Å². The lowest BCUT2D eigenvalue weighted by Gasteiger charge is -2.04. The summed E-state index contributed by atoms with van der Waals surface area (Å²) < 4.78 is 12.8. The molecule has 1 aliphatic heterocycles. The van der Waals surface area contributed by atoms with Crippen molar-refractivity contribution in [3.05, 3.63) is 29.6 Å². The monoisotopic (exact) mass is 163 g/mol. The maximum absolute atomic E-state index is 12.8. The van der Waals surface area contributed by atoms with Crippen molar-refractivity contribution in [1.29, 1.82) is 0 Å². The van der Waals surface area contributed by atoms with E-state index in [-0.39, 0.29) is 5.82 Å². The molecule has 0 unspecified atom stereocenters. The van der Waals surface area contributed by atoms with Crippen molar-refractivity contribution >= 4 is 5.69 Å². The summed E-state index contributed by atoms with van der Waals surface area (Å²) in [5.74, 6) is -0.140. The number of halogens is 1. The second-order valence-corrected chi connectivity index (χ2v) is 3.82. The van der Waals surface area contributed by atoms with Crippen molar-refractivity contribution in [2.24, 2.45) is 0 Å². The first-order chi connectivity index (χ1) is 5.80. The Morgan fingerprint density at radius 1 is 1.33 bits per heavy atom. The molecule has 2 aliphatic rings. The van der Waals surface area contributed by atoms with E-state index in [0.717, 1.165) is 12.2 Å². The van der Waals surface area contributed by atoms with E-state index in [1.165, 1.54) is 18.4 Å². The molecule has 0 radical (unpaired) electrons. The van der Waals surface area contributed by atoms with Gasteiger partial charge in [-0.3, -0.25) is 0 Å². The zero-order chi connectivity index (χ0) is 8.18. The summed E-state index contributed by atoms with van der Waals surface area (Å²) in [5.41, 5.74) is 2.72. The molecule has 0 aromatic heterocycles. The highest BCUT2D eigenvalue weighted by atomic mass is 19.1. The van der Waals surface area contributed by atoms with Gasteiger partial charge in [-0.1, -0.05) is 6.07 Å². The number of rotatable bonds is 0. The molecule has 1 heterocycles. The van der Waals surface area contributed by atoms with E-state index in [2.05, 4.69) is 5.32 Å². The minimum atomic E-state index is -0.140. The minimum Gasteiger partial charge on any atom is -0.384 e. The van der Waals surface area contributed by atoms with E-state index in [1.54, 1.807) is 12.1 Å². The maximum atomic E-state index is 12.8. The first kappa shape index (κ1) is 6.46. The third-order valence-electron chi connectivity index (χ3n) is 3.02. The summed E-state index contributed by atoms with van der Waals surface area (Å²) in [7, 11) is 0. The molecule has 1 spiro atoms. The number of fused-ring (bicyclic) bond motifs is 2. The molecular weight excluding hydrogens is 153 g/mol. The fourth-order valence-corrected chi connectivity index (χ4v) is 2.08. The van der Waals surface area contributed by atoms with Gasteiger partial charge in [0.25, 0.3) is 0 Å². The average Bonchev–Trinajstić information content (AvgIpc) is 2.73. The first-order valence-electron chi connectivity index (χ1n) is 4.34. The van der Waals surface area contributed by atoms with Crippen LogP contribution < -0.4 is 5.32 Å². The van der Waals surface area contributed by atoms with Gasteiger partial charge in [0.2, 0.25) is 0 Å². The van der Waals surface area contributed by atoms with Gasteiger partial charge in [-0.05, 0) is 30.5 Å². The van der Waals surface area contributed by atoms with Crippen molar-refractivity contribution in [3.63, 3.8) is 0 Å². The molecule has 62 valence electrons. The number of anilines is 1. The molecule has 0 saturated heterocycles. The van der Waals surface area contributed by atoms with Gasteiger partial charge in [0, 0.05) is 17.6 Å². The van der Waals surface area contributed by atoms with Gasteiger partial charge in [0.15, 0.2) is 0 Å². The Kier molecular flexibility index (Phi) is 0.978. The summed E-state index contributed by atoms with van der Waals surface area (Å²) >= 11 is 0. The van der Waals surface area contributed by atoms with Crippen LogP contribution in [0.3, 0.4) is 0 Å². The smallest absolute Gasteiger partial charge is 0.125 e. The minimum absolute atomic E-state index is 0.140. The Balaban J connectivity index is 2.18. The van der Waals surface area contributed by atoms with Crippen molar-refractivity contribution in [2.45, 2.75) is 18.3 Å². The Bertz CT molecular complexity index is 342. The van der Waals surface area contributed by atoms with Crippen LogP contribution in [0.2, 0.25) is 0 Å². The standard InChI is InChI=1S/C10H10FN/c11-7-1-2-8-9(5-7)12-6-10(8)3-4-10/h1-2,5,12H,3-4,6H2. The van der Waals surface area contributed by atoms with Crippen LogP contribution >= 0.6 is 0 Å². The Morgan fingerprint density at radius 2 is 2.17 bits per heavy atom. The van der Waals surface area contributed by atoms with E-state index in [0.29, 0.717) is 5.41 Å². The number of benzene rings is 1. The van der Waals surface area contributed by atoms with Crippen LogP contribution in [0, 0.1) is 5.82 Å². The molecule has 1 nitrogen and oxygen atoms in total. The topological polar surface area (TPSA) is 12.0 Å². The second kappa shape index (κ2) is 1.82. The first-order valence-corrected chi connectivity index (χ1v) is 4.34. The highest BCUT2D eigenvalue weighted by Gasteiger charge is 2.48. The van der Waals surface area contributed by atoms with Gasteiger partial charge in [0.1, 0.15) is 5.82 Å². The van der Waals surface area contributed by atoms with Crippen LogP contribution in [-0.2, 0) is 5.41 Å². The molecule has 0 bridgehead atoms. The van der Waals surface area contributed by atoms with E-state index < -0.39 is 0 Å². The summed E-state index contributed by atoms with van der Waals surface area (Å²) in [4.78, 5) is 0. The van der Waals surface area contributed by atoms with Crippen LogP contribution in [0.4, 0.5) is 10.1 Å². The Morgan fingerprint density at radius 3 is 2.92 bits per heavy atom. The van der Waals surface area contributed by atoms with Crippen LogP contribution in [0.1, 0.15) is 18.4 Å². The molecule has 1 aliphatic carbocycles. The lowest BCUT2D eigenvalue weighted by molar-refractivity contribution is 0.627. The van der Waals surface area contributed by atoms with Crippen LogP contribution in [0.15, 0.2) is 18.2 Å². The number of hydrogen-bond donors (Lipinski definition) is 1. The molecule has 0 amide bonds. The Hall–Kier alpha value is -1.05. The second-order valence-electron chi connectivity index (χ2n) is 3.82. The van der Waals surface area contributed by atoms with E-state index >= 15 is 0 Å². The van der Waals surface area contributed by atoms with Gasteiger partial charge >= 0.3 is 0 Å². The molecule has 1 aromatic carbocycles. The third kappa shape index (κ3) is 0.675. The molecule has 1 aromatic rings. The average molecular weight is 163 g/mol. The summed E-state index contributed by atoms with van der Waals surface area (Å²) in [5, 5.41) is 3.25. The zero-order valence-electron chi connectivity index (χ0n) is 6.73. The van der Waals surface area contributed by atoms with Crippen molar-refractivity contribution in [3.8, 4) is 0 Å². The number of hydrogen-bond acceptors (Lipinski definition) is 1. The third-order valence-corrected chi connectivity index (χ3v) is 3.02. The lowest BCUT2D eigenvalue weighted by atomic mass is 9.99. The van der Waals surface area contributed by atoms with Crippen LogP contribution in [0.5, 0.6) is 0 Å². The normalized spacial score (nSPS) is 22.1. The predicted molar refractivity (Wildman–Crippen MR) is 45.8 cm³/mol. The highest BCUT2D eigenvalue weighted by Crippen LogP contribution is 2.54. The van der Waals surface area contributed by atoms with E-state index in [4.69, 9.17) is 0 Å². The summed E-state index contributed by atoms with van der Waals surface area (Å²) in [6.07, 6.45) is 2.53. The lowest BCUT2D eigenvalue weighted by Crippen LogP contribution is -2.07.